The Labute approximate surface area is 233 Å². The summed E-state index contributed by atoms with van der Waals surface area (Å²) in [6.45, 7) is 0. The molecule has 2 aromatic heterocycles. The molecule has 3 heterocycles. The third kappa shape index (κ3) is 9.19. The number of pyridine rings is 2. The Morgan fingerprint density at radius 3 is 1.41 bits per heavy atom. The number of allylic oxidation sites excluding steroid dienone is 1. The predicted molar refractivity (Wildman–Crippen MR) is 147 cm³/mol. The summed E-state index contributed by atoms with van der Waals surface area (Å²) in [4.78, 5) is 12.7. The number of hydrogen-bond acceptors (Lipinski definition) is 3. The molecule has 37 heavy (non-hydrogen) atoms. The average Bonchev–Trinajstić information content (AvgIpc) is 3.01. The van der Waals surface area contributed by atoms with E-state index in [1.54, 1.807) is 12.4 Å². The first kappa shape index (κ1) is 27.6. The summed E-state index contributed by atoms with van der Waals surface area (Å²) in [5, 5.41) is 0. The fraction of sp³-hybridized carbons (Fsp3) is 0.0606. The van der Waals surface area contributed by atoms with E-state index >= 15 is 0 Å². The van der Waals surface area contributed by atoms with Gasteiger partial charge >= 0.3 is 20.1 Å². The molecule has 1 aliphatic heterocycles. The number of nitrogens with zero attached hydrogens (tertiary/aromatic N) is 3. The number of aliphatic imine (C=N–C) groups is 1. The van der Waals surface area contributed by atoms with Gasteiger partial charge in [-0.15, -0.1) is 108 Å². The summed E-state index contributed by atoms with van der Waals surface area (Å²) in [5.74, 6) is 0. The van der Waals surface area contributed by atoms with Crippen molar-refractivity contribution in [3.63, 3.8) is 0 Å². The van der Waals surface area contributed by atoms with Gasteiger partial charge < -0.3 is 15.0 Å². The van der Waals surface area contributed by atoms with Crippen LogP contribution in [0.2, 0.25) is 0 Å². The Kier molecular flexibility index (Phi) is 11.9. The third-order valence-corrected chi connectivity index (χ3v) is 5.20. The number of aromatic nitrogens is 2. The van der Waals surface area contributed by atoms with Gasteiger partial charge in [0.25, 0.3) is 0 Å². The molecule has 0 aliphatic carbocycles. The largest absolute Gasteiger partial charge is 3.00 e. The molecule has 4 heteroatoms. The Balaban J connectivity index is 0.000000152. The van der Waals surface area contributed by atoms with Gasteiger partial charge in [0.2, 0.25) is 0 Å². The fourth-order valence-electron chi connectivity index (χ4n) is 3.43. The summed E-state index contributed by atoms with van der Waals surface area (Å²) in [7, 11) is 0. The van der Waals surface area contributed by atoms with Crippen LogP contribution in [0.5, 0.6) is 0 Å². The van der Waals surface area contributed by atoms with Crippen molar-refractivity contribution in [2.75, 3.05) is 0 Å². The molecule has 0 radical (unpaired) electrons. The second kappa shape index (κ2) is 15.9. The van der Waals surface area contributed by atoms with Crippen LogP contribution in [0.1, 0.15) is 18.4 Å². The van der Waals surface area contributed by atoms with Gasteiger partial charge in [-0.1, -0.05) is 30.3 Å². The zero-order valence-corrected chi connectivity index (χ0v) is 22.7. The van der Waals surface area contributed by atoms with Gasteiger partial charge in [-0.3, -0.25) is 0 Å². The van der Waals surface area contributed by atoms with Crippen LogP contribution in [0.15, 0.2) is 139 Å². The zero-order chi connectivity index (χ0) is 24.7. The molecule has 3 aromatic carbocycles. The van der Waals surface area contributed by atoms with E-state index in [9.17, 15) is 0 Å². The topological polar surface area (TPSA) is 38.1 Å². The number of rotatable bonds is 3. The summed E-state index contributed by atoms with van der Waals surface area (Å²) in [5.41, 5.74) is 6.30. The van der Waals surface area contributed by atoms with Crippen molar-refractivity contribution in [1.82, 2.24) is 9.97 Å². The van der Waals surface area contributed by atoms with Crippen LogP contribution >= 0.6 is 0 Å². The standard InChI is InChI=1S/C11H10N.2C11H8N.Ir/c3*1-2-6-10(7-3-1)11-8-4-5-9-12-11;/h1-3,5-6,9H,4,8H2;2*1-6,8-9H;/q3*-1;+3. The van der Waals surface area contributed by atoms with Crippen molar-refractivity contribution in [2.45, 2.75) is 12.8 Å². The molecule has 0 bridgehead atoms. The van der Waals surface area contributed by atoms with Crippen molar-refractivity contribution < 1.29 is 20.1 Å². The molecule has 0 amide bonds. The zero-order valence-electron chi connectivity index (χ0n) is 20.3. The van der Waals surface area contributed by atoms with Gasteiger partial charge in [0, 0.05) is 18.6 Å². The van der Waals surface area contributed by atoms with Gasteiger partial charge in [-0.05, 0) is 42.1 Å². The molecule has 0 atom stereocenters. The van der Waals surface area contributed by atoms with Crippen molar-refractivity contribution in [2.24, 2.45) is 4.99 Å². The van der Waals surface area contributed by atoms with E-state index in [2.05, 4.69) is 45.3 Å². The molecule has 0 N–H and O–H groups in total. The van der Waals surface area contributed by atoms with Crippen LogP contribution in [0.25, 0.3) is 22.5 Å². The molecule has 0 fully saturated rings. The van der Waals surface area contributed by atoms with Crippen LogP contribution < -0.4 is 0 Å². The van der Waals surface area contributed by atoms with Gasteiger partial charge in [0.05, 0.1) is 0 Å². The van der Waals surface area contributed by atoms with E-state index in [4.69, 9.17) is 0 Å². The van der Waals surface area contributed by atoms with E-state index < -0.39 is 0 Å². The first-order valence-corrected chi connectivity index (χ1v) is 11.8. The van der Waals surface area contributed by atoms with E-state index in [0.29, 0.717) is 0 Å². The van der Waals surface area contributed by atoms with E-state index in [1.807, 2.05) is 109 Å². The molecule has 0 saturated carbocycles. The Morgan fingerprint density at radius 1 is 0.541 bits per heavy atom. The SMILES string of the molecule is [Ir+3].[c-]1ccccc1-c1ccccn1.[c-]1ccccc1-c1ccccn1.[c-]1ccccc1C1=NC=CCC1. The molecule has 0 unspecified atom stereocenters. The van der Waals surface area contributed by atoms with Crippen molar-refractivity contribution in [3.8, 4) is 22.5 Å². The first-order valence-electron chi connectivity index (χ1n) is 11.8. The van der Waals surface area contributed by atoms with Gasteiger partial charge in [0.15, 0.2) is 0 Å². The van der Waals surface area contributed by atoms with Crippen LogP contribution in [0.3, 0.4) is 0 Å². The molecule has 182 valence electrons. The van der Waals surface area contributed by atoms with E-state index in [0.717, 1.165) is 46.6 Å². The van der Waals surface area contributed by atoms with Crippen molar-refractivity contribution in [3.05, 3.63) is 158 Å². The van der Waals surface area contributed by atoms with Gasteiger partial charge in [-0.2, -0.15) is 0 Å². The molecule has 6 rings (SSSR count). The maximum atomic E-state index is 4.30. The predicted octanol–water partition coefficient (Wildman–Crippen LogP) is 7.68. The summed E-state index contributed by atoms with van der Waals surface area (Å²) in [6.07, 6.45) is 9.68. The molecule has 1 aliphatic rings. The average molecular weight is 657 g/mol. The maximum Gasteiger partial charge on any atom is 3.00 e. The summed E-state index contributed by atoms with van der Waals surface area (Å²) < 4.78 is 0. The molecular formula is C33H26IrN3. The quantitative estimate of drug-likeness (QED) is 0.187. The molecular weight excluding hydrogens is 631 g/mol. The number of benzene rings is 3. The molecule has 5 aromatic rings. The second-order valence-electron chi connectivity index (χ2n) is 7.76. The first-order chi connectivity index (χ1) is 17.9. The molecule has 0 spiro atoms. The van der Waals surface area contributed by atoms with Crippen LogP contribution in [0.4, 0.5) is 0 Å². The Morgan fingerprint density at radius 2 is 1.03 bits per heavy atom. The Hall–Kier alpha value is -3.98. The maximum absolute atomic E-state index is 4.30. The molecule has 0 saturated heterocycles. The minimum atomic E-state index is 0. The third-order valence-electron chi connectivity index (χ3n) is 5.20. The van der Waals surface area contributed by atoms with Crippen LogP contribution in [-0.2, 0) is 20.1 Å². The summed E-state index contributed by atoms with van der Waals surface area (Å²) >= 11 is 0. The number of hydrogen-bond donors (Lipinski definition) is 0. The monoisotopic (exact) mass is 657 g/mol. The van der Waals surface area contributed by atoms with Gasteiger partial charge in [0.1, 0.15) is 0 Å². The molecule has 3 nitrogen and oxygen atoms in total. The van der Waals surface area contributed by atoms with Crippen molar-refractivity contribution >= 4 is 5.71 Å². The van der Waals surface area contributed by atoms with E-state index in [1.165, 1.54) is 0 Å². The fourth-order valence-corrected chi connectivity index (χ4v) is 3.43. The minimum absolute atomic E-state index is 0. The smallest absolute Gasteiger partial charge is 0.309 e. The van der Waals surface area contributed by atoms with Crippen LogP contribution in [-0.4, -0.2) is 15.7 Å². The summed E-state index contributed by atoms with van der Waals surface area (Å²) in [6, 6.07) is 44.8. The second-order valence-corrected chi connectivity index (χ2v) is 7.76. The van der Waals surface area contributed by atoms with Crippen molar-refractivity contribution in [1.29, 1.82) is 0 Å². The van der Waals surface area contributed by atoms with Crippen LogP contribution in [0, 0.1) is 18.2 Å². The van der Waals surface area contributed by atoms with E-state index in [-0.39, 0.29) is 20.1 Å². The normalized spacial score (nSPS) is 11.4. The van der Waals surface area contributed by atoms with Gasteiger partial charge in [-0.25, -0.2) is 0 Å². The Bertz CT molecular complexity index is 1190. The minimum Gasteiger partial charge on any atom is -0.309 e.